The molecule has 0 atom stereocenters. The van der Waals surface area contributed by atoms with Gasteiger partial charge in [0.2, 0.25) is 5.82 Å². The number of hydrogen-bond donors (Lipinski definition) is 1. The maximum atomic E-state index is 12.8. The molecule has 12 heteroatoms. The molecule has 0 bridgehead atoms. The molecule has 0 aliphatic carbocycles. The molecule has 11 nitrogen and oxygen atoms in total. The third-order valence-corrected chi connectivity index (χ3v) is 6.29. The van der Waals surface area contributed by atoms with Crippen LogP contribution in [-0.2, 0) is 10.0 Å². The van der Waals surface area contributed by atoms with Gasteiger partial charge in [0, 0.05) is 29.6 Å². The van der Waals surface area contributed by atoms with Gasteiger partial charge in [0.15, 0.2) is 5.65 Å². The first-order chi connectivity index (χ1) is 16.4. The van der Waals surface area contributed by atoms with Gasteiger partial charge >= 0.3 is 0 Å². The van der Waals surface area contributed by atoms with Crippen molar-refractivity contribution in [2.24, 2.45) is 0 Å². The summed E-state index contributed by atoms with van der Waals surface area (Å²) < 4.78 is 29.6. The van der Waals surface area contributed by atoms with Crippen LogP contribution in [0.5, 0.6) is 0 Å². The van der Waals surface area contributed by atoms with E-state index < -0.39 is 14.9 Å². The number of sulfonamides is 1. The standard InChI is InChI=1S/C22H15N7O4S/c30-29(31)17-7-4-8-18(14-17)34(32,33)27-16-6-3-5-15(13-16)19-10-11-21-24-25-22(28(21)26-19)20-9-1-2-12-23-20/h1-14,27H. The van der Waals surface area contributed by atoms with E-state index in [1.165, 1.54) is 18.2 Å². The van der Waals surface area contributed by atoms with Crippen molar-refractivity contribution in [1.82, 2.24) is 24.8 Å². The van der Waals surface area contributed by atoms with Crippen LogP contribution in [0.15, 0.2) is 90.0 Å². The van der Waals surface area contributed by atoms with Crippen LogP contribution in [0.3, 0.4) is 0 Å². The number of nitrogens with one attached hydrogen (secondary N) is 1. The zero-order valence-corrected chi connectivity index (χ0v) is 18.1. The van der Waals surface area contributed by atoms with E-state index in [0.717, 1.165) is 6.07 Å². The lowest BCUT2D eigenvalue weighted by atomic mass is 10.1. The quantitative estimate of drug-likeness (QED) is 0.291. The van der Waals surface area contributed by atoms with Crippen molar-refractivity contribution in [2.45, 2.75) is 4.90 Å². The van der Waals surface area contributed by atoms with Gasteiger partial charge in [-0.05, 0) is 42.5 Å². The molecule has 0 amide bonds. The topological polar surface area (TPSA) is 145 Å². The molecule has 0 aliphatic heterocycles. The van der Waals surface area contributed by atoms with E-state index in [-0.39, 0.29) is 16.3 Å². The SMILES string of the molecule is O=[N+]([O-])c1cccc(S(=O)(=O)Nc2cccc(-c3ccc4nnc(-c5ccccn5)n4n3)c2)c1. The van der Waals surface area contributed by atoms with Crippen LogP contribution in [0, 0.1) is 10.1 Å². The molecule has 0 saturated carbocycles. The molecule has 0 saturated heterocycles. The average molecular weight is 473 g/mol. The fourth-order valence-corrected chi connectivity index (χ4v) is 4.41. The Hall–Kier alpha value is -4.71. The molecule has 5 aromatic rings. The lowest BCUT2D eigenvalue weighted by molar-refractivity contribution is -0.385. The first-order valence-electron chi connectivity index (χ1n) is 9.92. The summed E-state index contributed by atoms with van der Waals surface area (Å²) in [6, 6.07) is 20.4. The summed E-state index contributed by atoms with van der Waals surface area (Å²) in [7, 11) is -4.05. The van der Waals surface area contributed by atoms with E-state index >= 15 is 0 Å². The van der Waals surface area contributed by atoms with Crippen LogP contribution in [0.4, 0.5) is 11.4 Å². The highest BCUT2D eigenvalue weighted by Crippen LogP contribution is 2.25. The molecular weight excluding hydrogens is 458 g/mol. The summed E-state index contributed by atoms with van der Waals surface area (Å²) in [5, 5.41) is 23.9. The zero-order valence-electron chi connectivity index (χ0n) is 17.3. The lowest BCUT2D eigenvalue weighted by Gasteiger charge is -2.10. The largest absolute Gasteiger partial charge is 0.280 e. The highest BCUT2D eigenvalue weighted by atomic mass is 32.2. The first kappa shape index (κ1) is 21.2. The number of rotatable bonds is 6. The van der Waals surface area contributed by atoms with Gasteiger partial charge in [-0.2, -0.15) is 9.61 Å². The van der Waals surface area contributed by atoms with Crippen LogP contribution < -0.4 is 4.72 Å². The van der Waals surface area contributed by atoms with Gasteiger partial charge in [-0.25, -0.2) is 8.42 Å². The van der Waals surface area contributed by atoms with E-state index in [4.69, 9.17) is 0 Å². The monoisotopic (exact) mass is 473 g/mol. The van der Waals surface area contributed by atoms with Crippen LogP contribution in [0.25, 0.3) is 28.4 Å². The van der Waals surface area contributed by atoms with Crippen molar-refractivity contribution in [2.75, 3.05) is 4.72 Å². The number of non-ortho nitro benzene ring substituents is 1. The summed E-state index contributed by atoms with van der Waals surface area (Å²) in [5.74, 6) is 0.472. The summed E-state index contributed by atoms with van der Waals surface area (Å²) in [4.78, 5) is 14.4. The molecule has 2 aromatic carbocycles. The van der Waals surface area contributed by atoms with Crippen molar-refractivity contribution in [3.8, 4) is 22.8 Å². The van der Waals surface area contributed by atoms with Gasteiger partial charge in [0.1, 0.15) is 5.69 Å². The van der Waals surface area contributed by atoms with E-state index in [1.807, 2.05) is 6.07 Å². The number of hydrogen-bond acceptors (Lipinski definition) is 8. The summed E-state index contributed by atoms with van der Waals surface area (Å²) in [6.07, 6.45) is 1.65. The van der Waals surface area contributed by atoms with Crippen LogP contribution in [-0.4, -0.2) is 38.1 Å². The second kappa shape index (κ2) is 8.33. The van der Waals surface area contributed by atoms with E-state index in [0.29, 0.717) is 28.4 Å². The summed E-state index contributed by atoms with van der Waals surface area (Å²) in [5.41, 5.74) is 2.30. The summed E-state index contributed by atoms with van der Waals surface area (Å²) >= 11 is 0. The Kier molecular flexibility index (Phi) is 5.18. The molecule has 0 fully saturated rings. The smallest absolute Gasteiger partial charge is 0.270 e. The molecule has 34 heavy (non-hydrogen) atoms. The number of nitro groups is 1. The maximum Gasteiger partial charge on any atom is 0.270 e. The Morgan fingerprint density at radius 3 is 2.53 bits per heavy atom. The number of fused-ring (bicyclic) bond motifs is 1. The van der Waals surface area contributed by atoms with Crippen LogP contribution >= 0.6 is 0 Å². The minimum Gasteiger partial charge on any atom is -0.280 e. The van der Waals surface area contributed by atoms with Gasteiger partial charge in [-0.3, -0.25) is 19.8 Å². The number of anilines is 1. The molecule has 0 unspecified atom stereocenters. The number of nitro benzene ring substituents is 1. The molecule has 3 heterocycles. The van der Waals surface area contributed by atoms with E-state index in [9.17, 15) is 18.5 Å². The predicted molar refractivity (Wildman–Crippen MR) is 123 cm³/mol. The highest BCUT2D eigenvalue weighted by Gasteiger charge is 2.18. The minimum absolute atomic E-state index is 0.212. The van der Waals surface area contributed by atoms with Crippen LogP contribution in [0.2, 0.25) is 0 Å². The molecule has 0 radical (unpaired) electrons. The Labute approximate surface area is 192 Å². The van der Waals surface area contributed by atoms with Gasteiger partial charge in [0.05, 0.1) is 15.5 Å². The molecule has 0 spiro atoms. The second-order valence-electron chi connectivity index (χ2n) is 7.17. The number of nitrogens with zero attached hydrogens (tertiary/aromatic N) is 6. The molecule has 168 valence electrons. The number of pyridine rings is 1. The molecule has 3 aromatic heterocycles. The predicted octanol–water partition coefficient (Wildman–Crippen LogP) is 3.56. The van der Waals surface area contributed by atoms with Gasteiger partial charge in [0.25, 0.3) is 15.7 Å². The fraction of sp³-hybridized carbons (Fsp3) is 0. The van der Waals surface area contributed by atoms with E-state index in [2.05, 4.69) is 25.0 Å². The Morgan fingerprint density at radius 1 is 0.882 bits per heavy atom. The molecule has 5 rings (SSSR count). The summed E-state index contributed by atoms with van der Waals surface area (Å²) in [6.45, 7) is 0. The van der Waals surface area contributed by atoms with Gasteiger partial charge < -0.3 is 0 Å². The maximum absolute atomic E-state index is 12.8. The molecule has 1 N–H and O–H groups in total. The second-order valence-corrected chi connectivity index (χ2v) is 8.85. The van der Waals surface area contributed by atoms with Gasteiger partial charge in [-0.15, -0.1) is 10.2 Å². The number of benzene rings is 2. The lowest BCUT2D eigenvalue weighted by Crippen LogP contribution is -2.13. The third kappa shape index (κ3) is 4.04. The van der Waals surface area contributed by atoms with Crippen molar-refractivity contribution in [1.29, 1.82) is 0 Å². The van der Waals surface area contributed by atoms with Crippen molar-refractivity contribution in [3.05, 3.63) is 95.2 Å². The first-order valence-corrected chi connectivity index (χ1v) is 11.4. The molecule has 0 aliphatic rings. The number of aromatic nitrogens is 5. The Morgan fingerprint density at radius 2 is 1.74 bits per heavy atom. The van der Waals surface area contributed by atoms with Crippen LogP contribution in [0.1, 0.15) is 0 Å². The average Bonchev–Trinajstić information content (AvgIpc) is 3.28. The zero-order chi connectivity index (χ0) is 23.7. The molecular formula is C22H15N7O4S. The van der Waals surface area contributed by atoms with Crippen molar-refractivity contribution < 1.29 is 13.3 Å². The van der Waals surface area contributed by atoms with E-state index in [1.54, 1.807) is 59.2 Å². The third-order valence-electron chi connectivity index (χ3n) is 4.91. The van der Waals surface area contributed by atoms with Crippen molar-refractivity contribution in [3.63, 3.8) is 0 Å². The fourth-order valence-electron chi connectivity index (χ4n) is 3.32. The minimum atomic E-state index is -4.05. The normalized spacial score (nSPS) is 11.4. The van der Waals surface area contributed by atoms with Gasteiger partial charge in [-0.1, -0.05) is 24.3 Å². The Bertz CT molecular complexity index is 1640. The van der Waals surface area contributed by atoms with Crippen molar-refractivity contribution >= 4 is 27.0 Å². The highest BCUT2D eigenvalue weighted by molar-refractivity contribution is 7.92. The Balaban J connectivity index is 1.49.